The summed E-state index contributed by atoms with van der Waals surface area (Å²) >= 11 is 0. The largest absolute Gasteiger partial charge is 0.288 e. The quantitative estimate of drug-likeness (QED) is 0.679. The van der Waals surface area contributed by atoms with E-state index >= 15 is 0 Å². The number of hydrogen-bond acceptors (Lipinski definition) is 5. The van der Waals surface area contributed by atoms with Crippen LogP contribution >= 0.6 is 0 Å². The second-order valence-electron chi connectivity index (χ2n) is 5.94. The number of nitrogens with one attached hydrogen (secondary N) is 1. The molecule has 1 aromatic rings. The highest BCUT2D eigenvalue weighted by molar-refractivity contribution is 5.66. The first-order valence-corrected chi connectivity index (χ1v) is 7.50. The molecule has 0 fully saturated rings. The fourth-order valence-corrected chi connectivity index (χ4v) is 3.08. The molecule has 2 heterocycles. The van der Waals surface area contributed by atoms with Crippen molar-refractivity contribution in [3.8, 4) is 0 Å². The summed E-state index contributed by atoms with van der Waals surface area (Å²) in [6, 6.07) is 9.88. The molecule has 3 rings (SSSR count). The van der Waals surface area contributed by atoms with Crippen LogP contribution in [0.15, 0.2) is 41.4 Å². The first-order chi connectivity index (χ1) is 10.6. The van der Waals surface area contributed by atoms with Crippen LogP contribution in [0.2, 0.25) is 0 Å². The molecule has 0 saturated carbocycles. The van der Waals surface area contributed by atoms with Crippen LogP contribution in [0, 0.1) is 10.1 Å². The predicted molar refractivity (Wildman–Crippen MR) is 86.3 cm³/mol. The minimum absolute atomic E-state index is 0.218. The number of rotatable bonds is 4. The predicted octanol–water partition coefficient (Wildman–Crippen LogP) is 1.77. The first kappa shape index (κ1) is 14.9. The maximum atomic E-state index is 11.5. The lowest BCUT2D eigenvalue weighted by atomic mass is 9.97. The van der Waals surface area contributed by atoms with Gasteiger partial charge >= 0.3 is 0 Å². The molecule has 1 N–H and O–H groups in total. The maximum absolute atomic E-state index is 11.5. The summed E-state index contributed by atoms with van der Waals surface area (Å²) in [5, 5.41) is 14.8. The molecule has 2 atom stereocenters. The van der Waals surface area contributed by atoms with E-state index in [-0.39, 0.29) is 4.92 Å². The number of benzene rings is 1. The molecule has 0 amide bonds. The second kappa shape index (κ2) is 5.98. The van der Waals surface area contributed by atoms with Crippen LogP contribution in [0.4, 0.5) is 0 Å². The van der Waals surface area contributed by atoms with Gasteiger partial charge in [-0.2, -0.15) is 0 Å². The van der Waals surface area contributed by atoms with E-state index in [0.717, 1.165) is 24.1 Å². The van der Waals surface area contributed by atoms with E-state index in [4.69, 9.17) is 0 Å². The average molecular weight is 300 g/mol. The van der Waals surface area contributed by atoms with Crippen LogP contribution in [0.1, 0.15) is 18.9 Å². The maximum Gasteiger partial charge on any atom is 0.288 e. The van der Waals surface area contributed by atoms with Gasteiger partial charge in [-0.05, 0) is 24.5 Å². The van der Waals surface area contributed by atoms with E-state index in [0.29, 0.717) is 13.1 Å². The molecule has 0 spiro atoms. The van der Waals surface area contributed by atoms with Gasteiger partial charge in [0.2, 0.25) is 0 Å². The van der Waals surface area contributed by atoms with Crippen LogP contribution < -0.4 is 5.32 Å². The molecule has 2 aliphatic heterocycles. The molecule has 116 valence electrons. The lowest BCUT2D eigenvalue weighted by Crippen LogP contribution is -2.53. The van der Waals surface area contributed by atoms with Gasteiger partial charge in [-0.3, -0.25) is 20.4 Å². The van der Waals surface area contributed by atoms with Crippen molar-refractivity contribution in [3.63, 3.8) is 0 Å². The minimum atomic E-state index is -0.793. The summed E-state index contributed by atoms with van der Waals surface area (Å²) in [6.45, 7) is 3.90. The molecule has 0 radical (unpaired) electrons. The third kappa shape index (κ3) is 3.08. The molecular formula is C16H20N4O2. The zero-order chi connectivity index (χ0) is 15.6. The highest BCUT2D eigenvalue weighted by Crippen LogP contribution is 2.27. The van der Waals surface area contributed by atoms with Crippen molar-refractivity contribution >= 4 is 11.8 Å². The van der Waals surface area contributed by atoms with Crippen molar-refractivity contribution in [1.82, 2.24) is 10.2 Å². The Morgan fingerprint density at radius 3 is 2.86 bits per heavy atom. The fourth-order valence-electron chi connectivity index (χ4n) is 3.08. The van der Waals surface area contributed by atoms with Gasteiger partial charge in [-0.25, -0.2) is 4.90 Å². The Morgan fingerprint density at radius 1 is 1.45 bits per heavy atom. The van der Waals surface area contributed by atoms with Crippen molar-refractivity contribution in [2.75, 3.05) is 19.6 Å². The molecule has 22 heavy (non-hydrogen) atoms. The van der Waals surface area contributed by atoms with Gasteiger partial charge in [0.15, 0.2) is 0 Å². The van der Waals surface area contributed by atoms with Crippen molar-refractivity contribution in [3.05, 3.63) is 52.1 Å². The van der Waals surface area contributed by atoms with E-state index in [1.807, 2.05) is 48.4 Å². The van der Waals surface area contributed by atoms with Crippen molar-refractivity contribution < 1.29 is 4.92 Å². The Labute approximate surface area is 129 Å². The molecule has 2 aliphatic rings. The molecular weight excluding hydrogens is 280 g/mol. The molecule has 6 nitrogen and oxygen atoms in total. The highest BCUT2D eigenvalue weighted by atomic mass is 16.6. The summed E-state index contributed by atoms with van der Waals surface area (Å²) in [5.74, 6) is 0. The molecule has 1 unspecified atom stereocenters. The van der Waals surface area contributed by atoms with Crippen LogP contribution in [-0.4, -0.2) is 47.5 Å². The summed E-state index contributed by atoms with van der Waals surface area (Å²) in [5.41, 5.74) is 1.69. The Hall–Kier alpha value is -2.05. The molecule has 0 bridgehead atoms. The standard InChI is InChI=1S/C16H20N4O2/c1-16(17-8-9-18-16)12-19-10-7-14(11-15(19)20(21)22)13-5-3-2-4-6-13/h2-6,8,11,15,18H,7,9-10,12H2,1H3/t15-,16?/m0/s1. The zero-order valence-corrected chi connectivity index (χ0v) is 12.6. The van der Waals surface area contributed by atoms with Crippen LogP contribution in [0.5, 0.6) is 0 Å². The molecule has 0 aliphatic carbocycles. The Bertz CT molecular complexity index is 614. The normalized spacial score (nSPS) is 28.6. The van der Waals surface area contributed by atoms with Gasteiger partial charge in [-0.1, -0.05) is 30.3 Å². The minimum Gasteiger partial charge on any atom is -0.287 e. The van der Waals surface area contributed by atoms with Gasteiger partial charge in [0.1, 0.15) is 5.66 Å². The molecule has 0 saturated heterocycles. The van der Waals surface area contributed by atoms with Crippen molar-refractivity contribution in [2.45, 2.75) is 25.2 Å². The fraction of sp³-hybridized carbons (Fsp3) is 0.438. The molecule has 1 aromatic carbocycles. The first-order valence-electron chi connectivity index (χ1n) is 7.50. The van der Waals surface area contributed by atoms with Crippen molar-refractivity contribution in [1.29, 1.82) is 0 Å². The number of nitro groups is 1. The number of hydrogen-bond donors (Lipinski definition) is 1. The molecule has 6 heteroatoms. The van der Waals surface area contributed by atoms with E-state index in [9.17, 15) is 10.1 Å². The summed E-state index contributed by atoms with van der Waals surface area (Å²) in [7, 11) is 0. The number of nitrogens with zero attached hydrogens (tertiary/aromatic N) is 3. The number of aliphatic imine (C=N–C) groups is 1. The lowest BCUT2D eigenvalue weighted by molar-refractivity contribution is -0.537. The van der Waals surface area contributed by atoms with Crippen LogP contribution in [0.3, 0.4) is 0 Å². The van der Waals surface area contributed by atoms with E-state index in [1.165, 1.54) is 0 Å². The second-order valence-corrected chi connectivity index (χ2v) is 5.94. The van der Waals surface area contributed by atoms with E-state index < -0.39 is 11.8 Å². The highest BCUT2D eigenvalue weighted by Gasteiger charge is 2.37. The van der Waals surface area contributed by atoms with Crippen LogP contribution in [0.25, 0.3) is 5.57 Å². The topological polar surface area (TPSA) is 70.8 Å². The summed E-state index contributed by atoms with van der Waals surface area (Å²) in [6.07, 6.45) is 3.63. The smallest absolute Gasteiger partial charge is 0.287 e. The van der Waals surface area contributed by atoms with Crippen molar-refractivity contribution in [2.24, 2.45) is 4.99 Å². The molecule has 0 aromatic heterocycles. The SMILES string of the molecule is CC1(CN2CCC(c3ccccc3)=C[C@@H]2[N+](=O)[O-])N=CCN1. The van der Waals surface area contributed by atoms with Gasteiger partial charge < -0.3 is 0 Å². The summed E-state index contributed by atoms with van der Waals surface area (Å²) < 4.78 is 0. The van der Waals surface area contributed by atoms with Gasteiger partial charge in [0, 0.05) is 36.8 Å². The third-order valence-corrected chi connectivity index (χ3v) is 4.21. The lowest BCUT2D eigenvalue weighted by Gasteiger charge is -2.34. The Balaban J connectivity index is 1.81. The summed E-state index contributed by atoms with van der Waals surface area (Å²) in [4.78, 5) is 17.6. The Morgan fingerprint density at radius 2 is 2.23 bits per heavy atom. The average Bonchev–Trinajstić information content (AvgIpc) is 2.94. The Kier molecular flexibility index (Phi) is 4.04. The zero-order valence-electron chi connectivity index (χ0n) is 12.6. The van der Waals surface area contributed by atoms with Crippen LogP contribution in [-0.2, 0) is 0 Å². The van der Waals surface area contributed by atoms with E-state index in [2.05, 4.69) is 10.3 Å². The third-order valence-electron chi connectivity index (χ3n) is 4.21. The van der Waals surface area contributed by atoms with Gasteiger partial charge in [-0.15, -0.1) is 0 Å². The van der Waals surface area contributed by atoms with Gasteiger partial charge in [0.25, 0.3) is 6.17 Å². The van der Waals surface area contributed by atoms with Gasteiger partial charge in [0.05, 0.1) is 0 Å². The van der Waals surface area contributed by atoms with E-state index in [1.54, 1.807) is 6.08 Å². The monoisotopic (exact) mass is 300 g/mol.